The van der Waals surface area contributed by atoms with Crippen molar-refractivity contribution in [3.63, 3.8) is 0 Å². The molecule has 3 nitrogen and oxygen atoms in total. The fourth-order valence-electron chi connectivity index (χ4n) is 1.50. The second kappa shape index (κ2) is 3.18. The molecule has 1 aromatic rings. The molecule has 0 spiro atoms. The molecule has 0 fully saturated rings. The molecule has 0 N–H and O–H groups in total. The largest absolute Gasteiger partial charge is 0.272 e. The van der Waals surface area contributed by atoms with Gasteiger partial charge in [-0.3, -0.25) is 9.63 Å². The number of hydroxylamine groups is 1. The molecule has 68 valence electrons. The van der Waals surface area contributed by atoms with Crippen molar-refractivity contribution in [1.29, 1.82) is 0 Å². The van der Waals surface area contributed by atoms with Crippen molar-refractivity contribution in [2.45, 2.75) is 13.3 Å². The molecular formula is C10H11NO2. The lowest BCUT2D eigenvalue weighted by Gasteiger charge is -2.14. The average Bonchev–Trinajstić information content (AvgIpc) is 2.44. The highest BCUT2D eigenvalue weighted by molar-refractivity contribution is 5.99. The Morgan fingerprint density at radius 1 is 1.46 bits per heavy atom. The van der Waals surface area contributed by atoms with Gasteiger partial charge < -0.3 is 0 Å². The summed E-state index contributed by atoms with van der Waals surface area (Å²) in [7, 11) is 0. The average molecular weight is 177 g/mol. The Morgan fingerprint density at radius 2 is 2.23 bits per heavy atom. The molecule has 1 aliphatic rings. The van der Waals surface area contributed by atoms with Gasteiger partial charge in [-0.25, -0.2) is 0 Å². The third kappa shape index (κ3) is 1.31. The van der Waals surface area contributed by atoms with Crippen molar-refractivity contribution >= 4 is 11.6 Å². The van der Waals surface area contributed by atoms with Crippen molar-refractivity contribution in [2.24, 2.45) is 0 Å². The maximum atomic E-state index is 11.4. The summed E-state index contributed by atoms with van der Waals surface area (Å²) in [4.78, 5) is 16.6. The number of anilines is 1. The Balaban J connectivity index is 2.35. The highest BCUT2D eigenvalue weighted by atomic mass is 16.7. The molecule has 0 unspecified atom stereocenters. The van der Waals surface area contributed by atoms with Gasteiger partial charge in [0.25, 0.3) is 5.91 Å². The van der Waals surface area contributed by atoms with Crippen LogP contribution in [-0.4, -0.2) is 12.5 Å². The molecule has 0 bridgehead atoms. The molecule has 13 heavy (non-hydrogen) atoms. The molecule has 0 aromatic heterocycles. The predicted octanol–water partition coefficient (Wildman–Crippen LogP) is 1.53. The number of amides is 1. The summed E-state index contributed by atoms with van der Waals surface area (Å²) in [5, 5.41) is 1.38. The van der Waals surface area contributed by atoms with E-state index in [1.807, 2.05) is 31.2 Å². The zero-order valence-corrected chi connectivity index (χ0v) is 7.49. The SMILES string of the molecule is CCON1C(=O)Cc2ccccc21. The highest BCUT2D eigenvalue weighted by Gasteiger charge is 2.27. The molecule has 0 aliphatic carbocycles. The standard InChI is InChI=1S/C10H11NO2/c1-2-13-11-9-6-4-3-5-8(9)7-10(11)12/h3-6H,2,7H2,1H3. The predicted molar refractivity (Wildman–Crippen MR) is 49.3 cm³/mol. The van der Waals surface area contributed by atoms with Crippen LogP contribution in [0.5, 0.6) is 0 Å². The molecule has 0 saturated heterocycles. The molecule has 1 aromatic carbocycles. The molecule has 1 aliphatic heterocycles. The van der Waals surface area contributed by atoms with Gasteiger partial charge in [0.1, 0.15) is 0 Å². The van der Waals surface area contributed by atoms with E-state index >= 15 is 0 Å². The number of carbonyl (C=O) groups excluding carboxylic acids is 1. The molecule has 0 saturated carbocycles. The van der Waals surface area contributed by atoms with Crippen LogP contribution in [-0.2, 0) is 16.1 Å². The summed E-state index contributed by atoms with van der Waals surface area (Å²) < 4.78 is 0. The van der Waals surface area contributed by atoms with Crippen molar-refractivity contribution in [2.75, 3.05) is 11.7 Å². The van der Waals surface area contributed by atoms with E-state index in [-0.39, 0.29) is 5.91 Å². The number of para-hydroxylation sites is 1. The van der Waals surface area contributed by atoms with Gasteiger partial charge in [0.15, 0.2) is 0 Å². The van der Waals surface area contributed by atoms with Gasteiger partial charge in [-0.1, -0.05) is 18.2 Å². The van der Waals surface area contributed by atoms with Crippen LogP contribution in [0.4, 0.5) is 5.69 Å². The van der Waals surface area contributed by atoms with Crippen molar-refractivity contribution < 1.29 is 9.63 Å². The van der Waals surface area contributed by atoms with Gasteiger partial charge in [0, 0.05) is 0 Å². The molecule has 0 radical (unpaired) electrons. The first kappa shape index (κ1) is 8.26. The van der Waals surface area contributed by atoms with Crippen LogP contribution < -0.4 is 5.06 Å². The molecule has 3 heteroatoms. The summed E-state index contributed by atoms with van der Waals surface area (Å²) in [6.45, 7) is 2.38. The Bertz CT molecular complexity index is 335. The lowest BCUT2D eigenvalue weighted by molar-refractivity contribution is -0.124. The first-order chi connectivity index (χ1) is 6.33. The summed E-state index contributed by atoms with van der Waals surface area (Å²) in [5.41, 5.74) is 1.93. The van der Waals surface area contributed by atoms with Crippen LogP contribution in [0.3, 0.4) is 0 Å². The van der Waals surface area contributed by atoms with Crippen LogP contribution in [0.25, 0.3) is 0 Å². The maximum absolute atomic E-state index is 11.4. The fraction of sp³-hybridized carbons (Fsp3) is 0.300. The third-order valence-corrected chi connectivity index (χ3v) is 2.04. The zero-order chi connectivity index (χ0) is 9.26. The lowest BCUT2D eigenvalue weighted by atomic mass is 10.2. The van der Waals surface area contributed by atoms with E-state index in [0.29, 0.717) is 13.0 Å². The number of carbonyl (C=O) groups is 1. The van der Waals surface area contributed by atoms with E-state index in [9.17, 15) is 4.79 Å². The Kier molecular flexibility index (Phi) is 2.02. The second-order valence-electron chi connectivity index (χ2n) is 2.91. The van der Waals surface area contributed by atoms with Gasteiger partial charge in [-0.15, -0.1) is 0 Å². The Hall–Kier alpha value is -1.35. The van der Waals surface area contributed by atoms with Gasteiger partial charge in [-0.2, -0.15) is 5.06 Å². The normalized spacial score (nSPS) is 14.8. The van der Waals surface area contributed by atoms with Crippen LogP contribution >= 0.6 is 0 Å². The third-order valence-electron chi connectivity index (χ3n) is 2.04. The van der Waals surface area contributed by atoms with Crippen LogP contribution in [0, 0.1) is 0 Å². The lowest BCUT2D eigenvalue weighted by Crippen LogP contribution is -2.26. The Labute approximate surface area is 76.9 Å². The number of fused-ring (bicyclic) bond motifs is 1. The smallest absolute Gasteiger partial charge is 0.255 e. The minimum Gasteiger partial charge on any atom is -0.272 e. The first-order valence-corrected chi connectivity index (χ1v) is 4.36. The molecular weight excluding hydrogens is 166 g/mol. The van der Waals surface area contributed by atoms with Gasteiger partial charge >= 0.3 is 0 Å². The number of hydrogen-bond acceptors (Lipinski definition) is 2. The number of hydrogen-bond donors (Lipinski definition) is 0. The van der Waals surface area contributed by atoms with Crippen LogP contribution in [0.2, 0.25) is 0 Å². The maximum Gasteiger partial charge on any atom is 0.255 e. The van der Waals surface area contributed by atoms with E-state index in [4.69, 9.17) is 4.84 Å². The number of benzene rings is 1. The summed E-state index contributed by atoms with van der Waals surface area (Å²) in [5.74, 6) is 0.0167. The Morgan fingerprint density at radius 3 is 3.00 bits per heavy atom. The van der Waals surface area contributed by atoms with Gasteiger partial charge in [-0.05, 0) is 18.6 Å². The van der Waals surface area contributed by atoms with Crippen molar-refractivity contribution in [1.82, 2.24) is 0 Å². The van der Waals surface area contributed by atoms with Gasteiger partial charge in [0.2, 0.25) is 0 Å². The topological polar surface area (TPSA) is 29.5 Å². The summed E-state index contributed by atoms with van der Waals surface area (Å²) in [6.07, 6.45) is 0.455. The zero-order valence-electron chi connectivity index (χ0n) is 7.49. The van der Waals surface area contributed by atoms with E-state index < -0.39 is 0 Å². The van der Waals surface area contributed by atoms with Gasteiger partial charge in [0.05, 0.1) is 18.7 Å². The fourth-order valence-corrected chi connectivity index (χ4v) is 1.50. The van der Waals surface area contributed by atoms with Crippen LogP contribution in [0.15, 0.2) is 24.3 Å². The van der Waals surface area contributed by atoms with E-state index in [2.05, 4.69) is 0 Å². The summed E-state index contributed by atoms with van der Waals surface area (Å²) >= 11 is 0. The molecule has 2 rings (SSSR count). The van der Waals surface area contributed by atoms with Crippen molar-refractivity contribution in [3.8, 4) is 0 Å². The quantitative estimate of drug-likeness (QED) is 0.685. The highest BCUT2D eigenvalue weighted by Crippen LogP contribution is 2.28. The van der Waals surface area contributed by atoms with Crippen molar-refractivity contribution in [3.05, 3.63) is 29.8 Å². The molecule has 1 amide bonds. The minimum absolute atomic E-state index is 0.0167. The number of nitrogens with zero attached hydrogens (tertiary/aromatic N) is 1. The monoisotopic (exact) mass is 177 g/mol. The summed E-state index contributed by atoms with van der Waals surface area (Å²) in [6, 6.07) is 7.69. The first-order valence-electron chi connectivity index (χ1n) is 4.36. The second-order valence-corrected chi connectivity index (χ2v) is 2.91. The van der Waals surface area contributed by atoms with E-state index in [0.717, 1.165) is 11.3 Å². The van der Waals surface area contributed by atoms with E-state index in [1.165, 1.54) is 5.06 Å². The van der Waals surface area contributed by atoms with Crippen LogP contribution in [0.1, 0.15) is 12.5 Å². The minimum atomic E-state index is 0.0167. The number of rotatable bonds is 2. The molecule has 1 heterocycles. The van der Waals surface area contributed by atoms with E-state index in [1.54, 1.807) is 0 Å². The molecule has 0 atom stereocenters.